The van der Waals surface area contributed by atoms with E-state index in [-0.39, 0.29) is 12.3 Å². The lowest BCUT2D eigenvalue weighted by atomic mass is 10.2. The summed E-state index contributed by atoms with van der Waals surface area (Å²) in [5.74, 6) is -0.203. The number of carbonyl (C=O) groups is 2. The minimum Gasteiger partial charge on any atom is -0.497 e. The van der Waals surface area contributed by atoms with Crippen LogP contribution in [0.1, 0.15) is 25.7 Å². The summed E-state index contributed by atoms with van der Waals surface area (Å²) in [5, 5.41) is 11.2. The fraction of sp³-hybridized carbons (Fsp3) is 0.385. The molecule has 1 rings (SSSR count). The van der Waals surface area contributed by atoms with Gasteiger partial charge in [-0.25, -0.2) is 0 Å². The third kappa shape index (κ3) is 5.34. The molecule has 5 heteroatoms. The summed E-state index contributed by atoms with van der Waals surface area (Å²) in [4.78, 5) is 21.8. The number of hydrogen-bond acceptors (Lipinski definition) is 3. The van der Waals surface area contributed by atoms with E-state index in [0.717, 1.165) is 5.75 Å². The van der Waals surface area contributed by atoms with Crippen molar-refractivity contribution in [3.63, 3.8) is 0 Å². The van der Waals surface area contributed by atoms with E-state index in [1.54, 1.807) is 31.4 Å². The first-order valence-corrected chi connectivity index (χ1v) is 5.77. The number of amides is 1. The molecule has 0 aliphatic rings. The molecule has 0 spiro atoms. The van der Waals surface area contributed by atoms with Gasteiger partial charge in [0.25, 0.3) is 0 Å². The van der Waals surface area contributed by atoms with Crippen molar-refractivity contribution in [3.05, 3.63) is 24.3 Å². The van der Waals surface area contributed by atoms with Crippen LogP contribution in [-0.2, 0) is 9.59 Å². The molecule has 0 aliphatic carbocycles. The average Bonchev–Trinajstić information content (AvgIpc) is 2.35. The number of hydrogen-bond donors (Lipinski definition) is 2. The van der Waals surface area contributed by atoms with E-state index in [0.29, 0.717) is 24.9 Å². The number of anilines is 1. The van der Waals surface area contributed by atoms with Crippen LogP contribution in [0.2, 0.25) is 0 Å². The predicted octanol–water partition coefficient (Wildman–Crippen LogP) is 2.28. The maximum Gasteiger partial charge on any atom is 0.303 e. The Morgan fingerprint density at radius 3 is 2.33 bits per heavy atom. The van der Waals surface area contributed by atoms with E-state index in [2.05, 4.69) is 5.32 Å². The Kier molecular flexibility index (Phi) is 5.70. The van der Waals surface area contributed by atoms with Gasteiger partial charge in [-0.15, -0.1) is 0 Å². The van der Waals surface area contributed by atoms with Crippen LogP contribution in [-0.4, -0.2) is 24.1 Å². The van der Waals surface area contributed by atoms with Crippen molar-refractivity contribution < 1.29 is 19.4 Å². The normalized spacial score (nSPS) is 9.83. The molecule has 0 saturated heterocycles. The second-order valence-electron chi connectivity index (χ2n) is 3.88. The van der Waals surface area contributed by atoms with Gasteiger partial charge in [-0.3, -0.25) is 9.59 Å². The van der Waals surface area contributed by atoms with Gasteiger partial charge in [0.2, 0.25) is 5.91 Å². The number of benzene rings is 1. The summed E-state index contributed by atoms with van der Waals surface area (Å²) in [6, 6.07) is 7.04. The lowest BCUT2D eigenvalue weighted by Crippen LogP contribution is -2.11. The van der Waals surface area contributed by atoms with Crippen molar-refractivity contribution in [2.45, 2.75) is 25.7 Å². The lowest BCUT2D eigenvalue weighted by Gasteiger charge is -2.05. The molecule has 1 aromatic rings. The summed E-state index contributed by atoms with van der Waals surface area (Å²) in [6.45, 7) is 0. The van der Waals surface area contributed by atoms with Gasteiger partial charge in [0, 0.05) is 18.5 Å². The number of ether oxygens (including phenoxy) is 1. The highest BCUT2D eigenvalue weighted by molar-refractivity contribution is 5.90. The van der Waals surface area contributed by atoms with E-state index in [9.17, 15) is 9.59 Å². The Hall–Kier alpha value is -2.04. The highest BCUT2D eigenvalue weighted by Crippen LogP contribution is 2.15. The molecule has 0 saturated carbocycles. The Morgan fingerprint density at radius 1 is 1.17 bits per heavy atom. The van der Waals surface area contributed by atoms with Crippen molar-refractivity contribution in [1.29, 1.82) is 0 Å². The minimum atomic E-state index is -0.828. The fourth-order valence-electron chi connectivity index (χ4n) is 1.46. The summed E-state index contributed by atoms with van der Waals surface area (Å²) in [6.07, 6.45) is 1.54. The first-order valence-electron chi connectivity index (χ1n) is 5.77. The fourth-order valence-corrected chi connectivity index (χ4v) is 1.46. The predicted molar refractivity (Wildman–Crippen MR) is 67.7 cm³/mol. The first kappa shape index (κ1) is 14.0. The molecule has 2 N–H and O–H groups in total. The third-order valence-electron chi connectivity index (χ3n) is 2.42. The van der Waals surface area contributed by atoms with E-state index < -0.39 is 5.97 Å². The van der Waals surface area contributed by atoms with Crippen LogP contribution in [0.25, 0.3) is 0 Å². The van der Waals surface area contributed by atoms with Gasteiger partial charge in [0.15, 0.2) is 0 Å². The van der Waals surface area contributed by atoms with Crippen molar-refractivity contribution in [2.75, 3.05) is 12.4 Å². The number of rotatable bonds is 7. The standard InChI is InChI=1S/C13H17NO4/c1-18-11-8-6-10(7-9-11)14-12(15)4-2-3-5-13(16)17/h6-9H,2-5H2,1H3,(H,14,15)(H,16,17). The number of carboxylic acids is 1. The maximum atomic E-state index is 11.5. The van der Waals surface area contributed by atoms with E-state index in [1.165, 1.54) is 0 Å². The minimum absolute atomic E-state index is 0.106. The quantitative estimate of drug-likeness (QED) is 0.729. The number of carboxylic acid groups (broad SMARTS) is 1. The zero-order valence-electron chi connectivity index (χ0n) is 10.3. The monoisotopic (exact) mass is 251 g/mol. The van der Waals surface area contributed by atoms with Gasteiger partial charge in [-0.2, -0.15) is 0 Å². The van der Waals surface area contributed by atoms with Crippen molar-refractivity contribution in [2.24, 2.45) is 0 Å². The summed E-state index contributed by atoms with van der Waals surface area (Å²) < 4.78 is 5.01. The van der Waals surface area contributed by atoms with Crippen LogP contribution < -0.4 is 10.1 Å². The van der Waals surface area contributed by atoms with Gasteiger partial charge >= 0.3 is 5.97 Å². The van der Waals surface area contributed by atoms with Crippen LogP contribution in [0.5, 0.6) is 5.75 Å². The Bertz CT molecular complexity index is 400. The Labute approximate surface area is 106 Å². The van der Waals surface area contributed by atoms with Crippen LogP contribution in [0, 0.1) is 0 Å². The molecule has 98 valence electrons. The number of aliphatic carboxylic acids is 1. The third-order valence-corrected chi connectivity index (χ3v) is 2.42. The van der Waals surface area contributed by atoms with Crippen molar-refractivity contribution in [1.82, 2.24) is 0 Å². The molecule has 0 fully saturated rings. The molecule has 0 heterocycles. The van der Waals surface area contributed by atoms with Gasteiger partial charge in [0.1, 0.15) is 5.75 Å². The number of unbranched alkanes of at least 4 members (excludes halogenated alkanes) is 1. The smallest absolute Gasteiger partial charge is 0.303 e. The zero-order valence-corrected chi connectivity index (χ0v) is 10.3. The molecular formula is C13H17NO4. The second kappa shape index (κ2) is 7.32. The highest BCUT2D eigenvalue weighted by Gasteiger charge is 2.03. The molecule has 0 unspecified atom stereocenters. The molecule has 1 amide bonds. The van der Waals surface area contributed by atoms with Crippen molar-refractivity contribution in [3.8, 4) is 5.75 Å². The molecular weight excluding hydrogens is 234 g/mol. The molecule has 0 aromatic heterocycles. The summed E-state index contributed by atoms with van der Waals surface area (Å²) >= 11 is 0. The van der Waals surface area contributed by atoms with E-state index in [1.807, 2.05) is 0 Å². The number of methoxy groups -OCH3 is 1. The molecule has 0 radical (unpaired) electrons. The summed E-state index contributed by atoms with van der Waals surface area (Å²) in [5.41, 5.74) is 0.707. The van der Waals surface area contributed by atoms with Crippen molar-refractivity contribution >= 4 is 17.6 Å². The van der Waals surface area contributed by atoms with Crippen LogP contribution >= 0.6 is 0 Å². The lowest BCUT2D eigenvalue weighted by molar-refractivity contribution is -0.137. The van der Waals surface area contributed by atoms with E-state index in [4.69, 9.17) is 9.84 Å². The Balaban J connectivity index is 2.28. The van der Waals surface area contributed by atoms with Gasteiger partial charge < -0.3 is 15.2 Å². The molecule has 0 bridgehead atoms. The topological polar surface area (TPSA) is 75.6 Å². The van der Waals surface area contributed by atoms with Gasteiger partial charge in [-0.05, 0) is 37.1 Å². The SMILES string of the molecule is COc1ccc(NC(=O)CCCCC(=O)O)cc1. The molecule has 0 aliphatic heterocycles. The number of carbonyl (C=O) groups excluding carboxylic acids is 1. The molecule has 1 aromatic carbocycles. The Morgan fingerprint density at radius 2 is 1.78 bits per heavy atom. The number of nitrogens with one attached hydrogen (secondary N) is 1. The van der Waals surface area contributed by atoms with Gasteiger partial charge in [0.05, 0.1) is 7.11 Å². The second-order valence-corrected chi connectivity index (χ2v) is 3.88. The average molecular weight is 251 g/mol. The van der Waals surface area contributed by atoms with E-state index >= 15 is 0 Å². The zero-order chi connectivity index (χ0) is 13.4. The molecule has 18 heavy (non-hydrogen) atoms. The highest BCUT2D eigenvalue weighted by atomic mass is 16.5. The van der Waals surface area contributed by atoms with Crippen LogP contribution in [0.4, 0.5) is 5.69 Å². The molecule has 5 nitrogen and oxygen atoms in total. The summed E-state index contributed by atoms with van der Waals surface area (Å²) in [7, 11) is 1.58. The van der Waals surface area contributed by atoms with Crippen LogP contribution in [0.15, 0.2) is 24.3 Å². The maximum absolute atomic E-state index is 11.5. The molecule has 0 atom stereocenters. The van der Waals surface area contributed by atoms with Crippen LogP contribution in [0.3, 0.4) is 0 Å². The largest absolute Gasteiger partial charge is 0.497 e. The van der Waals surface area contributed by atoms with Gasteiger partial charge in [-0.1, -0.05) is 0 Å². The first-order chi connectivity index (χ1) is 8.61.